The minimum absolute atomic E-state index is 0.00103. The zero-order chi connectivity index (χ0) is 32.3. The van der Waals surface area contributed by atoms with E-state index in [1.165, 1.54) is 13.0 Å². The first-order valence-corrected chi connectivity index (χ1v) is 16.0. The normalized spacial score (nSPS) is 33.0. The first-order chi connectivity index (χ1) is 20.9. The van der Waals surface area contributed by atoms with Crippen LogP contribution in [0.3, 0.4) is 0 Å². The van der Waals surface area contributed by atoms with Crippen LogP contribution in [0.2, 0.25) is 0 Å². The second kappa shape index (κ2) is 17.2. The molecule has 3 aliphatic rings. The molecule has 1 spiro atoms. The number of hydrogen-bond acceptors (Lipinski definition) is 9. The predicted octanol–water partition coefficient (Wildman–Crippen LogP) is 2.61. The number of allylic oxidation sites excluding steroid dienone is 2. The van der Waals surface area contributed by atoms with E-state index >= 15 is 0 Å². The summed E-state index contributed by atoms with van der Waals surface area (Å²) >= 11 is 0. The highest BCUT2D eigenvalue weighted by molar-refractivity contribution is 5.87. The maximum absolute atomic E-state index is 12.5. The first kappa shape index (κ1) is 35.9. The van der Waals surface area contributed by atoms with Crippen molar-refractivity contribution in [1.29, 1.82) is 0 Å². The van der Waals surface area contributed by atoms with E-state index in [1.54, 1.807) is 13.0 Å². The quantitative estimate of drug-likeness (QED) is 0.0710. The Kier molecular flexibility index (Phi) is 14.0. The lowest BCUT2D eigenvalue weighted by Gasteiger charge is -2.39. The average molecular weight is 620 g/mol. The molecular weight excluding hydrogens is 566 g/mol. The van der Waals surface area contributed by atoms with Crippen LogP contribution in [0.25, 0.3) is 0 Å². The van der Waals surface area contributed by atoms with Gasteiger partial charge >= 0.3 is 5.97 Å². The molecule has 0 bridgehead atoms. The van der Waals surface area contributed by atoms with E-state index < -0.39 is 29.9 Å². The van der Waals surface area contributed by atoms with Gasteiger partial charge in [-0.25, -0.2) is 0 Å². The SMILES string of the molecule is CC(=O)OC(C)/C=C\C(=O)N[C@@H]1C[C@H](C)[C@H](C/C=C(C)/C=C/[C@H]2O[C@H](CC(=O)NCCCCCN)C[C@@]3(CO3)[C@@H]2O)O[C@@H]1C. The number of aliphatic hydroxyl groups is 1. The number of carbonyl (C=O) groups excluding carboxylic acids is 3. The number of hydrogen-bond donors (Lipinski definition) is 4. The zero-order valence-electron chi connectivity index (χ0n) is 27.0. The van der Waals surface area contributed by atoms with Crippen molar-refractivity contribution in [1.82, 2.24) is 10.6 Å². The molecule has 2 amide bonds. The topological polar surface area (TPSA) is 162 Å². The summed E-state index contributed by atoms with van der Waals surface area (Å²) in [6.07, 6.45) is 11.6. The monoisotopic (exact) mass is 619 g/mol. The maximum Gasteiger partial charge on any atom is 0.303 e. The van der Waals surface area contributed by atoms with Gasteiger partial charge < -0.3 is 40.4 Å². The van der Waals surface area contributed by atoms with E-state index in [0.29, 0.717) is 32.5 Å². The number of aliphatic hydroxyl groups excluding tert-OH is 1. The fraction of sp³-hybridized carbons (Fsp3) is 0.727. The largest absolute Gasteiger partial charge is 0.459 e. The van der Waals surface area contributed by atoms with Crippen LogP contribution in [0.1, 0.15) is 79.6 Å². The molecule has 0 saturated carbocycles. The van der Waals surface area contributed by atoms with E-state index in [0.717, 1.165) is 31.3 Å². The summed E-state index contributed by atoms with van der Waals surface area (Å²) in [6, 6.07) is -0.125. The fourth-order valence-electron chi connectivity index (χ4n) is 5.84. The number of nitrogens with two attached hydrogens (primary N) is 1. The third-order valence-corrected chi connectivity index (χ3v) is 8.54. The molecule has 3 fully saturated rings. The molecule has 9 atom stereocenters. The van der Waals surface area contributed by atoms with Gasteiger partial charge in [0.15, 0.2) is 0 Å². The van der Waals surface area contributed by atoms with Gasteiger partial charge in [-0.2, -0.15) is 0 Å². The van der Waals surface area contributed by atoms with Crippen LogP contribution in [0.5, 0.6) is 0 Å². The number of unbranched alkanes of at least 4 members (excludes halogenated alkanes) is 2. The number of epoxide rings is 1. The van der Waals surface area contributed by atoms with Crippen LogP contribution >= 0.6 is 0 Å². The Morgan fingerprint density at radius 3 is 2.57 bits per heavy atom. The highest BCUT2D eigenvalue weighted by Crippen LogP contribution is 2.43. The van der Waals surface area contributed by atoms with Crippen LogP contribution < -0.4 is 16.4 Å². The summed E-state index contributed by atoms with van der Waals surface area (Å²) in [5.74, 6) is -0.483. The van der Waals surface area contributed by atoms with Gasteiger partial charge in [0.05, 0.1) is 37.4 Å². The smallest absolute Gasteiger partial charge is 0.303 e. The van der Waals surface area contributed by atoms with Crippen molar-refractivity contribution >= 4 is 17.8 Å². The van der Waals surface area contributed by atoms with Crippen molar-refractivity contribution in [2.24, 2.45) is 11.7 Å². The number of carbonyl (C=O) groups is 3. The van der Waals surface area contributed by atoms with Crippen LogP contribution in [-0.2, 0) is 33.3 Å². The number of amides is 2. The lowest BCUT2D eigenvalue weighted by atomic mass is 9.87. The lowest BCUT2D eigenvalue weighted by Crippen LogP contribution is -2.50. The molecule has 1 unspecified atom stereocenters. The molecule has 3 rings (SSSR count). The molecule has 0 aliphatic carbocycles. The fourth-order valence-corrected chi connectivity index (χ4v) is 5.84. The summed E-state index contributed by atoms with van der Waals surface area (Å²) in [4.78, 5) is 35.9. The molecular formula is C33H53N3O8. The van der Waals surface area contributed by atoms with Gasteiger partial charge in [-0.15, -0.1) is 0 Å². The highest BCUT2D eigenvalue weighted by atomic mass is 16.6. The van der Waals surface area contributed by atoms with Crippen LogP contribution in [-0.4, -0.2) is 90.9 Å². The van der Waals surface area contributed by atoms with E-state index in [9.17, 15) is 19.5 Å². The Labute approximate surface area is 262 Å². The van der Waals surface area contributed by atoms with Crippen molar-refractivity contribution in [3.8, 4) is 0 Å². The third kappa shape index (κ3) is 11.4. The predicted molar refractivity (Wildman–Crippen MR) is 166 cm³/mol. The zero-order valence-corrected chi connectivity index (χ0v) is 27.0. The Morgan fingerprint density at radius 2 is 1.89 bits per heavy atom. The number of nitrogens with one attached hydrogen (secondary N) is 2. The summed E-state index contributed by atoms with van der Waals surface area (Å²) in [5.41, 5.74) is 5.89. The molecule has 248 valence electrons. The standard InChI is InChI=1S/C33H53N3O8/c1-21(9-12-28-22(2)17-27(24(4)43-28)36-30(38)14-11-23(3)42-25(5)37)10-13-29-32(40)33(20-41-33)19-26(44-29)18-31(39)35-16-8-6-7-15-34/h9-11,13-14,22-24,26-29,32,40H,6-8,12,15-20,34H2,1-5H3,(H,35,39)(H,36,38)/b13-10+,14-11-,21-9+/t22-,23?,24+,26+,27+,28-,29+,32+,33+/m0/s1. The number of rotatable bonds is 15. The summed E-state index contributed by atoms with van der Waals surface area (Å²) in [5, 5.41) is 16.9. The Bertz CT molecular complexity index is 1060. The second-order valence-electron chi connectivity index (χ2n) is 12.6. The summed E-state index contributed by atoms with van der Waals surface area (Å²) in [6.45, 7) is 10.8. The van der Waals surface area contributed by atoms with Crippen molar-refractivity contribution in [2.75, 3.05) is 19.7 Å². The molecule has 0 aromatic heterocycles. The van der Waals surface area contributed by atoms with E-state index in [2.05, 4.69) is 23.6 Å². The molecule has 0 aromatic carbocycles. The van der Waals surface area contributed by atoms with Gasteiger partial charge in [-0.3, -0.25) is 14.4 Å². The maximum atomic E-state index is 12.5. The molecule has 11 nitrogen and oxygen atoms in total. The molecule has 11 heteroatoms. The molecule has 3 heterocycles. The Morgan fingerprint density at radius 1 is 1.14 bits per heavy atom. The van der Waals surface area contributed by atoms with Crippen molar-refractivity contribution in [3.05, 3.63) is 36.0 Å². The van der Waals surface area contributed by atoms with Gasteiger partial charge in [-0.05, 0) is 65.0 Å². The first-order valence-electron chi connectivity index (χ1n) is 16.0. The molecule has 3 saturated heterocycles. The highest BCUT2D eigenvalue weighted by Gasteiger charge is 2.58. The van der Waals surface area contributed by atoms with Crippen LogP contribution in [0.4, 0.5) is 0 Å². The number of ether oxygens (including phenoxy) is 4. The minimum Gasteiger partial charge on any atom is -0.459 e. The van der Waals surface area contributed by atoms with Gasteiger partial charge in [-0.1, -0.05) is 37.1 Å². The minimum atomic E-state index is -0.795. The molecule has 5 N–H and O–H groups in total. The van der Waals surface area contributed by atoms with Crippen molar-refractivity contribution < 1.29 is 38.4 Å². The number of esters is 1. The molecule has 44 heavy (non-hydrogen) atoms. The van der Waals surface area contributed by atoms with Gasteiger partial charge in [0.2, 0.25) is 11.8 Å². The van der Waals surface area contributed by atoms with Crippen LogP contribution in [0.15, 0.2) is 36.0 Å². The summed E-state index contributed by atoms with van der Waals surface area (Å²) in [7, 11) is 0. The Balaban J connectivity index is 1.47. The van der Waals surface area contributed by atoms with Gasteiger partial charge in [0, 0.05) is 26.0 Å². The van der Waals surface area contributed by atoms with Crippen molar-refractivity contribution in [2.45, 2.75) is 128 Å². The summed E-state index contributed by atoms with van der Waals surface area (Å²) < 4.78 is 23.1. The third-order valence-electron chi connectivity index (χ3n) is 8.54. The van der Waals surface area contributed by atoms with Gasteiger partial charge in [0.25, 0.3) is 0 Å². The Hall–Kier alpha value is -2.57. The molecule has 0 radical (unpaired) electrons. The van der Waals surface area contributed by atoms with Crippen molar-refractivity contribution in [3.63, 3.8) is 0 Å². The second-order valence-corrected chi connectivity index (χ2v) is 12.6. The van der Waals surface area contributed by atoms with E-state index in [-0.39, 0.29) is 48.5 Å². The van der Waals surface area contributed by atoms with Crippen LogP contribution in [0, 0.1) is 5.92 Å². The molecule has 0 aromatic rings. The van der Waals surface area contributed by atoms with E-state index in [1.807, 2.05) is 26.0 Å². The molecule has 3 aliphatic heterocycles. The van der Waals surface area contributed by atoms with Gasteiger partial charge in [0.1, 0.15) is 23.9 Å². The average Bonchev–Trinajstić information content (AvgIpc) is 3.73. The lowest BCUT2D eigenvalue weighted by molar-refractivity contribution is -0.145. The van der Waals surface area contributed by atoms with E-state index in [4.69, 9.17) is 24.7 Å².